The monoisotopic (exact) mass is 264 g/mol. The van der Waals surface area contributed by atoms with Gasteiger partial charge in [0.05, 0.1) is 5.56 Å². The molecule has 1 aromatic rings. The van der Waals surface area contributed by atoms with Gasteiger partial charge < -0.3 is 21.3 Å². The van der Waals surface area contributed by atoms with Gasteiger partial charge in [0.1, 0.15) is 0 Å². The molecular weight excluding hydrogens is 244 g/mol. The van der Waals surface area contributed by atoms with Gasteiger partial charge in [0.25, 0.3) is 5.91 Å². The Morgan fingerprint density at radius 3 is 2.58 bits per heavy atom. The molecule has 0 aromatic heterocycles. The summed E-state index contributed by atoms with van der Waals surface area (Å²) < 4.78 is 0. The van der Waals surface area contributed by atoms with Gasteiger partial charge in [0.15, 0.2) is 0 Å². The van der Waals surface area contributed by atoms with E-state index >= 15 is 0 Å². The fourth-order valence-corrected chi connectivity index (χ4v) is 1.57. The molecule has 0 aliphatic carbocycles. The number of carbonyl (C=O) groups excluding carboxylic acids is 2. The predicted octanol–water partition coefficient (Wildman–Crippen LogP) is 0.519. The summed E-state index contributed by atoms with van der Waals surface area (Å²) in [5, 5.41) is 5.63. The number of benzene rings is 1. The Bertz CT molecular complexity index is 472. The van der Waals surface area contributed by atoms with Crippen molar-refractivity contribution in [1.82, 2.24) is 10.2 Å². The first-order chi connectivity index (χ1) is 8.95. The summed E-state index contributed by atoms with van der Waals surface area (Å²) in [5.41, 5.74) is 7.40. The highest BCUT2D eigenvalue weighted by Gasteiger charge is 2.10. The quantitative estimate of drug-likeness (QED) is 0.677. The number of amides is 2. The van der Waals surface area contributed by atoms with Gasteiger partial charge in [-0.3, -0.25) is 9.59 Å². The van der Waals surface area contributed by atoms with Gasteiger partial charge in [0.2, 0.25) is 5.91 Å². The highest BCUT2D eigenvalue weighted by atomic mass is 16.2. The normalized spacial score (nSPS) is 9.84. The third-order valence-electron chi connectivity index (χ3n) is 2.67. The van der Waals surface area contributed by atoms with Crippen molar-refractivity contribution in [2.24, 2.45) is 0 Å². The Morgan fingerprint density at radius 1 is 1.32 bits per heavy atom. The second-order valence-electron chi connectivity index (χ2n) is 4.35. The first-order valence-electron chi connectivity index (χ1n) is 6.01. The third kappa shape index (κ3) is 4.17. The van der Waals surface area contributed by atoms with Crippen LogP contribution in [-0.4, -0.2) is 44.4 Å². The molecule has 104 valence electrons. The number of hydrogen-bond donors (Lipinski definition) is 3. The highest BCUT2D eigenvalue weighted by molar-refractivity contribution is 6.00. The van der Waals surface area contributed by atoms with Gasteiger partial charge in [-0.15, -0.1) is 0 Å². The van der Waals surface area contributed by atoms with Crippen LogP contribution in [0.3, 0.4) is 0 Å². The van der Waals surface area contributed by atoms with Crippen LogP contribution in [0.2, 0.25) is 0 Å². The van der Waals surface area contributed by atoms with Crippen LogP contribution in [0.25, 0.3) is 0 Å². The standard InChI is InChI=1S/C13H20N4O2/c1-15-13(19)10-5-4-9(14)8-11(10)16-7-6-12(18)17(2)3/h4-5,8,16H,6-7,14H2,1-3H3,(H,15,19). The van der Waals surface area contributed by atoms with Crippen molar-refractivity contribution >= 4 is 23.2 Å². The van der Waals surface area contributed by atoms with Gasteiger partial charge in [-0.2, -0.15) is 0 Å². The van der Waals surface area contributed by atoms with Crippen LogP contribution >= 0.6 is 0 Å². The van der Waals surface area contributed by atoms with E-state index in [1.807, 2.05) is 0 Å². The molecule has 4 N–H and O–H groups in total. The molecule has 19 heavy (non-hydrogen) atoms. The lowest BCUT2D eigenvalue weighted by Crippen LogP contribution is -2.25. The molecule has 0 saturated heterocycles. The number of nitrogen functional groups attached to an aromatic ring is 1. The van der Waals surface area contributed by atoms with Crippen LogP contribution in [0.5, 0.6) is 0 Å². The van der Waals surface area contributed by atoms with E-state index in [0.29, 0.717) is 29.9 Å². The Kier molecular flexibility index (Phi) is 5.17. The summed E-state index contributed by atoms with van der Waals surface area (Å²) in [6.45, 7) is 0.449. The van der Waals surface area contributed by atoms with Crippen molar-refractivity contribution in [1.29, 1.82) is 0 Å². The summed E-state index contributed by atoms with van der Waals surface area (Å²) >= 11 is 0. The smallest absolute Gasteiger partial charge is 0.253 e. The molecular formula is C13H20N4O2. The molecule has 6 heteroatoms. The van der Waals surface area contributed by atoms with Crippen LogP contribution in [0.1, 0.15) is 16.8 Å². The second-order valence-corrected chi connectivity index (χ2v) is 4.35. The molecule has 0 fully saturated rings. The van der Waals surface area contributed by atoms with E-state index in [9.17, 15) is 9.59 Å². The molecule has 1 aromatic carbocycles. The highest BCUT2D eigenvalue weighted by Crippen LogP contribution is 2.19. The Labute approximate surface area is 113 Å². The SMILES string of the molecule is CNC(=O)c1ccc(N)cc1NCCC(=O)N(C)C. The largest absolute Gasteiger partial charge is 0.399 e. The van der Waals surface area contributed by atoms with E-state index in [4.69, 9.17) is 5.73 Å². The maximum Gasteiger partial charge on any atom is 0.253 e. The number of hydrogen-bond acceptors (Lipinski definition) is 4. The van der Waals surface area contributed by atoms with E-state index in [-0.39, 0.29) is 11.8 Å². The number of nitrogens with two attached hydrogens (primary N) is 1. The van der Waals surface area contributed by atoms with Crippen molar-refractivity contribution in [2.45, 2.75) is 6.42 Å². The second kappa shape index (κ2) is 6.63. The van der Waals surface area contributed by atoms with Crippen LogP contribution < -0.4 is 16.4 Å². The van der Waals surface area contributed by atoms with E-state index in [1.165, 1.54) is 4.90 Å². The summed E-state index contributed by atoms with van der Waals surface area (Å²) in [7, 11) is 4.98. The minimum Gasteiger partial charge on any atom is -0.399 e. The van der Waals surface area contributed by atoms with Crippen molar-refractivity contribution < 1.29 is 9.59 Å². The Balaban J connectivity index is 2.74. The average molecular weight is 264 g/mol. The van der Waals surface area contributed by atoms with Crippen molar-refractivity contribution in [2.75, 3.05) is 38.7 Å². The zero-order valence-electron chi connectivity index (χ0n) is 11.5. The maximum atomic E-state index is 11.7. The lowest BCUT2D eigenvalue weighted by atomic mass is 10.1. The third-order valence-corrected chi connectivity index (χ3v) is 2.67. The van der Waals surface area contributed by atoms with Gasteiger partial charge in [-0.05, 0) is 18.2 Å². The molecule has 0 bridgehead atoms. The van der Waals surface area contributed by atoms with E-state index in [0.717, 1.165) is 0 Å². The number of nitrogens with one attached hydrogen (secondary N) is 2. The number of rotatable bonds is 5. The van der Waals surface area contributed by atoms with Crippen LogP contribution in [0, 0.1) is 0 Å². The summed E-state index contributed by atoms with van der Waals surface area (Å²) in [6, 6.07) is 5.01. The van der Waals surface area contributed by atoms with Gasteiger partial charge in [-0.1, -0.05) is 0 Å². The number of nitrogens with zero attached hydrogens (tertiary/aromatic N) is 1. The first kappa shape index (κ1) is 14.8. The zero-order valence-corrected chi connectivity index (χ0v) is 11.5. The molecule has 0 radical (unpaired) electrons. The minimum atomic E-state index is -0.193. The molecule has 0 aliphatic heterocycles. The fourth-order valence-electron chi connectivity index (χ4n) is 1.57. The molecule has 2 amide bonds. The van der Waals surface area contributed by atoms with Gasteiger partial charge in [0, 0.05) is 45.5 Å². The van der Waals surface area contributed by atoms with Crippen LogP contribution in [0.4, 0.5) is 11.4 Å². The fraction of sp³-hybridized carbons (Fsp3) is 0.385. The van der Waals surface area contributed by atoms with Crippen molar-refractivity contribution in [3.8, 4) is 0 Å². The minimum absolute atomic E-state index is 0.0258. The average Bonchev–Trinajstić information content (AvgIpc) is 2.37. The maximum absolute atomic E-state index is 11.7. The predicted molar refractivity (Wildman–Crippen MR) is 76.0 cm³/mol. The van der Waals surface area contributed by atoms with Crippen molar-refractivity contribution in [3.05, 3.63) is 23.8 Å². The topological polar surface area (TPSA) is 87.5 Å². The molecule has 0 unspecified atom stereocenters. The molecule has 0 heterocycles. The van der Waals surface area contributed by atoms with Gasteiger partial charge >= 0.3 is 0 Å². The Morgan fingerprint density at radius 2 is 2.00 bits per heavy atom. The summed E-state index contributed by atoms with van der Waals surface area (Å²) in [4.78, 5) is 24.7. The molecule has 0 saturated carbocycles. The molecule has 1 rings (SSSR count). The van der Waals surface area contributed by atoms with Gasteiger partial charge in [-0.25, -0.2) is 0 Å². The molecule has 0 atom stereocenters. The Hall–Kier alpha value is -2.24. The number of anilines is 2. The molecule has 0 spiro atoms. The van der Waals surface area contributed by atoms with Crippen molar-refractivity contribution in [3.63, 3.8) is 0 Å². The van der Waals surface area contributed by atoms with E-state index in [2.05, 4.69) is 10.6 Å². The lowest BCUT2D eigenvalue weighted by Gasteiger charge is -2.13. The van der Waals surface area contributed by atoms with Crippen LogP contribution in [0.15, 0.2) is 18.2 Å². The first-order valence-corrected chi connectivity index (χ1v) is 6.01. The summed E-state index contributed by atoms with van der Waals surface area (Å²) in [6.07, 6.45) is 0.356. The van der Waals surface area contributed by atoms with E-state index in [1.54, 1.807) is 39.3 Å². The number of carbonyl (C=O) groups is 2. The summed E-state index contributed by atoms with van der Waals surface area (Å²) in [5.74, 6) is -0.167. The van der Waals surface area contributed by atoms with E-state index < -0.39 is 0 Å². The zero-order chi connectivity index (χ0) is 14.4. The lowest BCUT2D eigenvalue weighted by molar-refractivity contribution is -0.128. The van der Waals surface area contributed by atoms with Crippen LogP contribution in [-0.2, 0) is 4.79 Å². The molecule has 6 nitrogen and oxygen atoms in total. The molecule has 0 aliphatic rings.